The van der Waals surface area contributed by atoms with Crippen molar-refractivity contribution in [2.45, 2.75) is 71.1 Å². The lowest BCUT2D eigenvalue weighted by atomic mass is 9.94. The fraction of sp³-hybridized carbons (Fsp3) is 0.419. The summed E-state index contributed by atoms with van der Waals surface area (Å²) >= 11 is 0. The molecule has 44 heavy (non-hydrogen) atoms. The molecular weight excluding hydrogens is 582 g/mol. The van der Waals surface area contributed by atoms with Gasteiger partial charge in [0.05, 0.1) is 29.6 Å². The quantitative estimate of drug-likeness (QED) is 0.248. The summed E-state index contributed by atoms with van der Waals surface area (Å²) < 4.78 is 65.0. The number of fused-ring (bicyclic) bond motifs is 2. The number of carbonyl (C=O) groups is 2. The predicted molar refractivity (Wildman–Crippen MR) is 154 cm³/mol. The Labute approximate surface area is 251 Å². The third-order valence-electron chi connectivity index (χ3n) is 7.63. The van der Waals surface area contributed by atoms with Gasteiger partial charge in [0.1, 0.15) is 11.8 Å². The van der Waals surface area contributed by atoms with Crippen LogP contribution in [0.15, 0.2) is 42.9 Å². The van der Waals surface area contributed by atoms with Crippen molar-refractivity contribution in [2.75, 3.05) is 13.6 Å². The van der Waals surface area contributed by atoms with Gasteiger partial charge in [-0.2, -0.15) is 18.3 Å². The maximum atomic E-state index is 14.4. The number of carboxylic acids is 1. The van der Waals surface area contributed by atoms with Gasteiger partial charge in [-0.15, -0.1) is 0 Å². The molecule has 2 aromatic heterocycles. The summed E-state index contributed by atoms with van der Waals surface area (Å²) in [7, 11) is 1.63. The Balaban J connectivity index is 1.48. The smallest absolute Gasteiger partial charge is 0.417 e. The summed E-state index contributed by atoms with van der Waals surface area (Å²) in [5, 5.41) is 14.2. The fourth-order valence-corrected chi connectivity index (χ4v) is 5.44. The zero-order chi connectivity index (χ0) is 32.1. The van der Waals surface area contributed by atoms with E-state index in [1.807, 2.05) is 0 Å². The number of hydrogen-bond donors (Lipinski definition) is 1. The Morgan fingerprint density at radius 1 is 1.18 bits per heavy atom. The second-order valence-electron chi connectivity index (χ2n) is 12.1. The van der Waals surface area contributed by atoms with Gasteiger partial charge in [-0.05, 0) is 62.4 Å². The summed E-state index contributed by atoms with van der Waals surface area (Å²) in [5.41, 5.74) is 0.980. The number of carboxylic acid groups (broad SMARTS) is 1. The van der Waals surface area contributed by atoms with E-state index in [-0.39, 0.29) is 29.6 Å². The lowest BCUT2D eigenvalue weighted by molar-refractivity contribution is -0.140. The molecule has 0 fully saturated rings. The Bertz CT molecular complexity index is 1720. The number of aliphatic carboxylic acids is 1. The number of ether oxygens (including phenoxy) is 1. The first-order valence-electron chi connectivity index (χ1n) is 14.1. The van der Waals surface area contributed by atoms with Crippen LogP contribution in [0.25, 0.3) is 22.0 Å². The number of carbonyl (C=O) groups excluding carboxylic acids is 1. The Kier molecular flexibility index (Phi) is 7.93. The minimum atomic E-state index is -4.75. The molecule has 1 unspecified atom stereocenters. The van der Waals surface area contributed by atoms with Crippen molar-refractivity contribution in [1.29, 1.82) is 0 Å². The molecule has 3 heterocycles. The summed E-state index contributed by atoms with van der Waals surface area (Å²) in [4.78, 5) is 30.2. The first-order chi connectivity index (χ1) is 20.5. The van der Waals surface area contributed by atoms with Crippen molar-refractivity contribution in [3.8, 4) is 11.1 Å². The molecule has 0 radical (unpaired) electrons. The minimum absolute atomic E-state index is 0.00311. The Hall–Kier alpha value is -4.42. The van der Waals surface area contributed by atoms with Crippen LogP contribution in [0.1, 0.15) is 54.9 Å². The molecule has 5 rings (SSSR count). The van der Waals surface area contributed by atoms with E-state index < -0.39 is 41.6 Å². The predicted octanol–water partition coefficient (Wildman–Crippen LogP) is 6.20. The van der Waals surface area contributed by atoms with Crippen molar-refractivity contribution < 1.29 is 37.0 Å². The molecule has 1 N–H and O–H groups in total. The van der Waals surface area contributed by atoms with Gasteiger partial charge in [-0.3, -0.25) is 4.68 Å². The highest BCUT2D eigenvalue weighted by Gasteiger charge is 2.37. The molecular formula is C31H33F4N5O4. The van der Waals surface area contributed by atoms with Crippen LogP contribution < -0.4 is 0 Å². The average molecular weight is 616 g/mol. The lowest BCUT2D eigenvalue weighted by Gasteiger charge is -2.24. The second kappa shape index (κ2) is 11.3. The fourth-order valence-electron chi connectivity index (χ4n) is 5.44. The highest BCUT2D eigenvalue weighted by molar-refractivity contribution is 5.92. The van der Waals surface area contributed by atoms with Crippen LogP contribution in [-0.4, -0.2) is 66.8 Å². The maximum absolute atomic E-state index is 14.4. The first kappa shape index (κ1) is 31.0. The number of imidazole rings is 1. The number of halogens is 4. The van der Waals surface area contributed by atoms with Crippen molar-refractivity contribution in [2.24, 2.45) is 0 Å². The van der Waals surface area contributed by atoms with Crippen LogP contribution in [-0.2, 0) is 35.1 Å². The number of amides is 1. The van der Waals surface area contributed by atoms with Crippen LogP contribution in [0.3, 0.4) is 0 Å². The molecule has 1 amide bonds. The molecule has 1 aliphatic heterocycles. The number of alkyl halides is 4. The summed E-state index contributed by atoms with van der Waals surface area (Å²) in [6, 6.07) is 6.49. The van der Waals surface area contributed by atoms with Gasteiger partial charge in [-0.25, -0.2) is 19.0 Å². The van der Waals surface area contributed by atoms with E-state index in [1.54, 1.807) is 59.0 Å². The SMILES string of the molecule is Cc1c(-c2ccc(CCN(C)C(=O)OC(C)(C)C)cc2)cc(C(F)(F)F)c2cn(C(C(=O)O)c3ncn4c3C[C@@H](F)C4)nc12. The summed E-state index contributed by atoms with van der Waals surface area (Å²) in [6.45, 7) is 7.40. The van der Waals surface area contributed by atoms with Gasteiger partial charge < -0.3 is 19.3 Å². The van der Waals surface area contributed by atoms with Crippen LogP contribution in [0.4, 0.5) is 22.4 Å². The first-order valence-corrected chi connectivity index (χ1v) is 14.1. The largest absolute Gasteiger partial charge is 0.479 e. The number of benzene rings is 2. The summed E-state index contributed by atoms with van der Waals surface area (Å²) in [5.74, 6) is -1.37. The monoisotopic (exact) mass is 615 g/mol. The van der Waals surface area contributed by atoms with Crippen molar-refractivity contribution >= 4 is 23.0 Å². The zero-order valence-electron chi connectivity index (χ0n) is 24.9. The molecule has 0 saturated heterocycles. The molecule has 2 atom stereocenters. The molecule has 13 heteroatoms. The molecule has 0 bridgehead atoms. The highest BCUT2D eigenvalue weighted by atomic mass is 19.4. The van der Waals surface area contributed by atoms with Crippen molar-refractivity contribution in [3.05, 3.63) is 70.9 Å². The molecule has 9 nitrogen and oxygen atoms in total. The van der Waals surface area contributed by atoms with Crippen LogP contribution in [0.2, 0.25) is 0 Å². The zero-order valence-corrected chi connectivity index (χ0v) is 24.9. The third kappa shape index (κ3) is 6.13. The normalized spacial score (nSPS) is 15.8. The number of hydrogen-bond acceptors (Lipinski definition) is 5. The van der Waals surface area contributed by atoms with Crippen molar-refractivity contribution in [1.82, 2.24) is 24.2 Å². The molecule has 0 saturated carbocycles. The second-order valence-corrected chi connectivity index (χ2v) is 12.1. The number of nitrogens with zero attached hydrogens (tertiary/aromatic N) is 5. The van der Waals surface area contributed by atoms with E-state index in [2.05, 4.69) is 10.1 Å². The van der Waals surface area contributed by atoms with E-state index in [9.17, 15) is 32.3 Å². The Morgan fingerprint density at radius 2 is 1.86 bits per heavy atom. The van der Waals surface area contributed by atoms with E-state index in [1.165, 1.54) is 15.8 Å². The van der Waals surface area contributed by atoms with E-state index in [4.69, 9.17) is 4.74 Å². The number of aryl methyl sites for hydroxylation is 1. The van der Waals surface area contributed by atoms with Gasteiger partial charge >= 0.3 is 18.2 Å². The maximum Gasteiger partial charge on any atom is 0.417 e. The number of likely N-dealkylation sites (N-methyl/N-ethyl adjacent to an activating group) is 1. The standard InChI is InChI=1S/C31H33F4N5O4/c1-17-21(19-8-6-18(7-9-19)10-11-38(5)29(43)44-30(2,3)4)13-23(31(33,34)35)22-15-40(37-25(17)22)27(28(41)42)26-24-12-20(32)14-39(24)16-36-26/h6-9,13,15-16,20,27H,10-12,14H2,1-5H3,(H,41,42)/t20-,27?/m1/s1. The average Bonchev–Trinajstić information content (AvgIpc) is 3.61. The highest BCUT2D eigenvalue weighted by Crippen LogP contribution is 2.41. The van der Waals surface area contributed by atoms with E-state index >= 15 is 0 Å². The topological polar surface area (TPSA) is 102 Å². The van der Waals surface area contributed by atoms with Gasteiger partial charge in [0.15, 0.2) is 6.04 Å². The van der Waals surface area contributed by atoms with Gasteiger partial charge in [0.2, 0.25) is 0 Å². The molecule has 234 valence electrons. The lowest BCUT2D eigenvalue weighted by Crippen LogP contribution is -2.35. The molecule has 1 aliphatic rings. The van der Waals surface area contributed by atoms with Gasteiger partial charge in [-0.1, -0.05) is 24.3 Å². The van der Waals surface area contributed by atoms with Crippen LogP contribution >= 0.6 is 0 Å². The molecule has 0 aliphatic carbocycles. The molecule has 0 spiro atoms. The van der Waals surface area contributed by atoms with E-state index in [0.29, 0.717) is 35.3 Å². The molecule has 2 aromatic carbocycles. The van der Waals surface area contributed by atoms with E-state index in [0.717, 1.165) is 22.5 Å². The summed E-state index contributed by atoms with van der Waals surface area (Å²) in [6.07, 6.45) is -3.52. The third-order valence-corrected chi connectivity index (χ3v) is 7.63. The Morgan fingerprint density at radius 3 is 2.48 bits per heavy atom. The van der Waals surface area contributed by atoms with Crippen LogP contribution in [0, 0.1) is 6.92 Å². The minimum Gasteiger partial charge on any atom is -0.479 e. The van der Waals surface area contributed by atoms with Gasteiger partial charge in [0.25, 0.3) is 0 Å². The molecule has 4 aromatic rings. The number of aromatic nitrogens is 4. The van der Waals surface area contributed by atoms with Crippen molar-refractivity contribution in [3.63, 3.8) is 0 Å². The number of rotatable bonds is 7. The van der Waals surface area contributed by atoms with Crippen LogP contribution in [0.5, 0.6) is 0 Å². The van der Waals surface area contributed by atoms with Gasteiger partial charge in [0, 0.05) is 37.3 Å².